The number of hydrogen-bond donors (Lipinski definition) is 0. The molecule has 2 heteroatoms. The monoisotopic (exact) mass is 173 g/mol. The van der Waals surface area contributed by atoms with Crippen molar-refractivity contribution in [1.82, 2.24) is 5.06 Å². The number of hydrogen-bond acceptors (Lipinski definition) is 2. The summed E-state index contributed by atoms with van der Waals surface area (Å²) in [5.74, 6) is 0. The summed E-state index contributed by atoms with van der Waals surface area (Å²) >= 11 is 0. The molecule has 0 aliphatic rings. The van der Waals surface area contributed by atoms with Crippen LogP contribution in [0.2, 0.25) is 0 Å². The average molecular weight is 173 g/mol. The lowest BCUT2D eigenvalue weighted by molar-refractivity contribution is -0.135. The molecule has 74 valence electrons. The SMILES string of the molecule is CCON(C)CCCC(C)(C)C. The highest BCUT2D eigenvalue weighted by Gasteiger charge is 2.09. The zero-order chi connectivity index (χ0) is 9.61. The highest BCUT2D eigenvalue weighted by molar-refractivity contribution is 4.61. The molecule has 0 heterocycles. The van der Waals surface area contributed by atoms with Gasteiger partial charge in [0.05, 0.1) is 6.61 Å². The first-order valence-electron chi connectivity index (χ1n) is 4.80. The van der Waals surface area contributed by atoms with Crippen molar-refractivity contribution in [3.63, 3.8) is 0 Å². The van der Waals surface area contributed by atoms with Crippen molar-refractivity contribution in [2.24, 2.45) is 5.41 Å². The van der Waals surface area contributed by atoms with E-state index in [1.807, 2.05) is 19.0 Å². The highest BCUT2D eigenvalue weighted by Crippen LogP contribution is 2.20. The van der Waals surface area contributed by atoms with Crippen LogP contribution in [0.3, 0.4) is 0 Å². The quantitative estimate of drug-likeness (QED) is 0.593. The molecular formula is C10H23NO. The molecule has 0 saturated carbocycles. The van der Waals surface area contributed by atoms with E-state index in [0.717, 1.165) is 13.2 Å². The van der Waals surface area contributed by atoms with E-state index in [9.17, 15) is 0 Å². The summed E-state index contributed by atoms with van der Waals surface area (Å²) in [6.45, 7) is 10.6. The minimum Gasteiger partial charge on any atom is -0.300 e. The van der Waals surface area contributed by atoms with Crippen molar-refractivity contribution < 1.29 is 4.84 Å². The molecule has 0 aliphatic heterocycles. The van der Waals surface area contributed by atoms with Crippen LogP contribution in [-0.4, -0.2) is 25.3 Å². The minimum absolute atomic E-state index is 0.451. The first kappa shape index (κ1) is 11.9. The normalized spacial score (nSPS) is 12.5. The minimum atomic E-state index is 0.451. The Kier molecular flexibility index (Phi) is 5.51. The molecule has 0 bridgehead atoms. The Bertz CT molecular complexity index is 107. The van der Waals surface area contributed by atoms with E-state index < -0.39 is 0 Å². The van der Waals surface area contributed by atoms with Gasteiger partial charge in [0, 0.05) is 13.6 Å². The fourth-order valence-corrected chi connectivity index (χ4v) is 1.12. The molecule has 0 aromatic rings. The van der Waals surface area contributed by atoms with Gasteiger partial charge in [-0.25, -0.2) is 0 Å². The van der Waals surface area contributed by atoms with E-state index in [1.54, 1.807) is 0 Å². The van der Waals surface area contributed by atoms with Crippen LogP contribution in [-0.2, 0) is 4.84 Å². The maximum atomic E-state index is 5.29. The van der Waals surface area contributed by atoms with Crippen LogP contribution >= 0.6 is 0 Å². The number of nitrogens with zero attached hydrogens (tertiary/aromatic N) is 1. The molecule has 0 aromatic heterocycles. The molecule has 0 radical (unpaired) electrons. The van der Waals surface area contributed by atoms with Crippen molar-refractivity contribution >= 4 is 0 Å². The van der Waals surface area contributed by atoms with Crippen molar-refractivity contribution in [2.45, 2.75) is 40.5 Å². The summed E-state index contributed by atoms with van der Waals surface area (Å²) < 4.78 is 0. The van der Waals surface area contributed by atoms with E-state index in [-0.39, 0.29) is 0 Å². The molecule has 0 N–H and O–H groups in total. The van der Waals surface area contributed by atoms with Crippen LogP contribution in [0.4, 0.5) is 0 Å². The first-order chi connectivity index (χ1) is 5.45. The van der Waals surface area contributed by atoms with Gasteiger partial charge in [0.1, 0.15) is 0 Å². The molecule has 0 atom stereocenters. The Morgan fingerprint density at radius 3 is 2.25 bits per heavy atom. The van der Waals surface area contributed by atoms with Crippen LogP contribution in [0.1, 0.15) is 40.5 Å². The van der Waals surface area contributed by atoms with Crippen molar-refractivity contribution in [3.05, 3.63) is 0 Å². The van der Waals surface area contributed by atoms with Gasteiger partial charge in [0.15, 0.2) is 0 Å². The molecule has 0 spiro atoms. The van der Waals surface area contributed by atoms with E-state index in [2.05, 4.69) is 20.8 Å². The fourth-order valence-electron chi connectivity index (χ4n) is 1.12. The highest BCUT2D eigenvalue weighted by atomic mass is 16.7. The Hall–Kier alpha value is -0.0800. The molecule has 0 aliphatic carbocycles. The Morgan fingerprint density at radius 1 is 1.25 bits per heavy atom. The van der Waals surface area contributed by atoms with Crippen molar-refractivity contribution in [1.29, 1.82) is 0 Å². The van der Waals surface area contributed by atoms with Crippen molar-refractivity contribution in [3.8, 4) is 0 Å². The second kappa shape index (κ2) is 5.55. The molecule has 0 amide bonds. The molecule has 2 nitrogen and oxygen atoms in total. The van der Waals surface area contributed by atoms with Crippen LogP contribution in [0.5, 0.6) is 0 Å². The summed E-state index contributed by atoms with van der Waals surface area (Å²) in [6.07, 6.45) is 2.46. The van der Waals surface area contributed by atoms with Gasteiger partial charge in [-0.15, -0.1) is 0 Å². The van der Waals surface area contributed by atoms with Crippen LogP contribution < -0.4 is 0 Å². The number of rotatable bonds is 5. The predicted octanol–water partition coefficient (Wildman–Crippen LogP) is 2.70. The molecule has 0 fully saturated rings. The van der Waals surface area contributed by atoms with Gasteiger partial charge in [0.2, 0.25) is 0 Å². The van der Waals surface area contributed by atoms with Crippen molar-refractivity contribution in [2.75, 3.05) is 20.2 Å². The first-order valence-corrected chi connectivity index (χ1v) is 4.80. The molecule has 0 rings (SSSR count). The van der Waals surface area contributed by atoms with Gasteiger partial charge in [-0.3, -0.25) is 4.84 Å². The van der Waals surface area contributed by atoms with Gasteiger partial charge >= 0.3 is 0 Å². The zero-order valence-corrected chi connectivity index (χ0v) is 9.18. The van der Waals surface area contributed by atoms with Gasteiger partial charge in [-0.2, -0.15) is 5.06 Å². The van der Waals surface area contributed by atoms with Gasteiger partial charge in [-0.1, -0.05) is 20.8 Å². The third-order valence-corrected chi connectivity index (χ3v) is 1.75. The second-order valence-corrected chi connectivity index (χ2v) is 4.43. The summed E-state index contributed by atoms with van der Waals surface area (Å²) in [6, 6.07) is 0. The van der Waals surface area contributed by atoms with Gasteiger partial charge < -0.3 is 0 Å². The van der Waals surface area contributed by atoms with Gasteiger partial charge in [-0.05, 0) is 25.2 Å². The smallest absolute Gasteiger partial charge is 0.0656 e. The summed E-state index contributed by atoms with van der Waals surface area (Å²) in [7, 11) is 1.99. The Balaban J connectivity index is 3.31. The van der Waals surface area contributed by atoms with E-state index in [1.165, 1.54) is 12.8 Å². The Morgan fingerprint density at radius 2 is 1.83 bits per heavy atom. The average Bonchev–Trinajstić information content (AvgIpc) is 1.84. The third kappa shape index (κ3) is 8.02. The molecule has 12 heavy (non-hydrogen) atoms. The fraction of sp³-hybridized carbons (Fsp3) is 1.00. The third-order valence-electron chi connectivity index (χ3n) is 1.75. The summed E-state index contributed by atoms with van der Waals surface area (Å²) in [5, 5.41) is 1.92. The van der Waals surface area contributed by atoms with Crippen LogP contribution in [0.15, 0.2) is 0 Å². The maximum Gasteiger partial charge on any atom is 0.0656 e. The largest absolute Gasteiger partial charge is 0.300 e. The molecular weight excluding hydrogens is 150 g/mol. The maximum absolute atomic E-state index is 5.29. The molecule has 0 unspecified atom stereocenters. The Labute approximate surface area is 76.9 Å². The second-order valence-electron chi connectivity index (χ2n) is 4.43. The lowest BCUT2D eigenvalue weighted by Gasteiger charge is -2.20. The zero-order valence-electron chi connectivity index (χ0n) is 9.18. The summed E-state index contributed by atoms with van der Waals surface area (Å²) in [4.78, 5) is 5.29. The lowest BCUT2D eigenvalue weighted by atomic mass is 9.91. The van der Waals surface area contributed by atoms with Crippen LogP contribution in [0, 0.1) is 5.41 Å². The van der Waals surface area contributed by atoms with E-state index in [4.69, 9.17) is 4.84 Å². The van der Waals surface area contributed by atoms with Crippen LogP contribution in [0.25, 0.3) is 0 Å². The number of hydroxylamine groups is 2. The predicted molar refractivity (Wildman–Crippen MR) is 52.9 cm³/mol. The topological polar surface area (TPSA) is 12.5 Å². The molecule has 0 aromatic carbocycles. The molecule has 0 saturated heterocycles. The van der Waals surface area contributed by atoms with E-state index >= 15 is 0 Å². The standard InChI is InChI=1S/C10H23NO/c1-6-12-11(5)9-7-8-10(2,3)4/h6-9H2,1-5H3. The summed E-state index contributed by atoms with van der Waals surface area (Å²) in [5.41, 5.74) is 0.451. The lowest BCUT2D eigenvalue weighted by Crippen LogP contribution is -2.21. The van der Waals surface area contributed by atoms with Gasteiger partial charge in [0.25, 0.3) is 0 Å². The van der Waals surface area contributed by atoms with E-state index in [0.29, 0.717) is 5.41 Å².